The molecule has 0 aliphatic carbocycles. The molecule has 0 amide bonds. The van der Waals surface area contributed by atoms with E-state index < -0.39 is 110 Å². The van der Waals surface area contributed by atoms with Crippen LogP contribution in [-0.2, 0) is 47.5 Å². The van der Waals surface area contributed by atoms with Gasteiger partial charge in [-0.15, -0.1) is 0 Å². The number of carbonyl (C=O) groups is 2. The third kappa shape index (κ3) is 13.0. The van der Waals surface area contributed by atoms with E-state index in [0.29, 0.717) is 19.1 Å². The normalized spacial score (nSPS) is 45.2. The Morgan fingerprint density at radius 2 is 1.57 bits per heavy atom. The van der Waals surface area contributed by atoms with Crippen LogP contribution in [0.5, 0.6) is 0 Å². The summed E-state index contributed by atoms with van der Waals surface area (Å²) in [5.41, 5.74) is -1.34. The summed E-state index contributed by atoms with van der Waals surface area (Å²) < 4.78 is 50.0. The van der Waals surface area contributed by atoms with Crippen LogP contribution in [0.1, 0.15) is 80.1 Å². The molecule has 3 saturated heterocycles. The summed E-state index contributed by atoms with van der Waals surface area (Å²) in [6, 6.07) is -0.510. The van der Waals surface area contributed by atoms with Crippen LogP contribution < -0.4 is 0 Å². The lowest BCUT2D eigenvalue weighted by atomic mass is 9.80. The highest BCUT2D eigenvalue weighted by Crippen LogP contribution is 2.38. The van der Waals surface area contributed by atoms with E-state index in [1.807, 2.05) is 52.2 Å². The van der Waals surface area contributed by atoms with Gasteiger partial charge in [-0.1, -0.05) is 37.8 Å². The third-order valence-electron chi connectivity index (χ3n) is 12.5. The fraction of sp³-hybridized carbons (Fsp3) is 0.818. The van der Waals surface area contributed by atoms with Crippen LogP contribution in [-0.4, -0.2) is 181 Å². The third-order valence-corrected chi connectivity index (χ3v) is 12.5. The lowest BCUT2D eigenvalue weighted by molar-refractivity contribution is -0.343. The summed E-state index contributed by atoms with van der Waals surface area (Å²) in [5, 5.41) is 45.2. The Morgan fingerprint density at radius 1 is 0.883 bits per heavy atom. The number of nitrogens with zero attached hydrogens (tertiary/aromatic N) is 2. The van der Waals surface area contributed by atoms with Gasteiger partial charge in [0, 0.05) is 31.9 Å². The van der Waals surface area contributed by atoms with Gasteiger partial charge in [-0.05, 0) is 93.6 Å². The van der Waals surface area contributed by atoms with Crippen molar-refractivity contribution in [2.24, 2.45) is 11.8 Å². The van der Waals surface area contributed by atoms with Crippen molar-refractivity contribution < 1.29 is 67.9 Å². The number of cyclic esters (lactones) is 1. The number of hydrogen-bond acceptors (Lipinski definition) is 16. The standard InChI is InChI=1S/C44H74N2O14/c1-24-20-30(25(2)23-47)40(60-43-38(50)37(46(10)11)39(28(5)57-43)59-36-22-44(7,52)42(51)29(6)56-36)41(53-12)32(48)21-34(49)54-26(3)16-14-13-15-17-33(24)58-35-19-18-31(45(8)9)27(4)55-35/h13-15,17,23-24,26-33,35-43,48,50-52H,2,16,18-22H2,1,3-12H3/b14-13+,17-15+/t24-,26-,27-,28-,29+,30-,31+,32-,33+,35?,36+,37-,38-,39-,40+,41+,42+,43+,44-/m1/s1. The Morgan fingerprint density at radius 3 is 2.17 bits per heavy atom. The molecule has 344 valence electrons. The number of carbonyl (C=O) groups excluding carboxylic acids is 2. The highest BCUT2D eigenvalue weighted by molar-refractivity contribution is 5.73. The Balaban J connectivity index is 1.70. The molecular weight excluding hydrogens is 780 g/mol. The van der Waals surface area contributed by atoms with Crippen molar-refractivity contribution in [3.63, 3.8) is 0 Å². The average molecular weight is 855 g/mol. The summed E-state index contributed by atoms with van der Waals surface area (Å²) in [5.74, 6) is -1.79. The molecule has 4 rings (SSSR count). The number of rotatable bonds is 11. The first kappa shape index (κ1) is 50.5. The van der Waals surface area contributed by atoms with Gasteiger partial charge < -0.3 is 68.1 Å². The zero-order chi connectivity index (χ0) is 44.6. The average Bonchev–Trinajstić information content (AvgIpc) is 3.15. The zero-order valence-corrected chi connectivity index (χ0v) is 37.5. The smallest absolute Gasteiger partial charge is 0.308 e. The number of esters is 1. The van der Waals surface area contributed by atoms with Crippen molar-refractivity contribution in [2.75, 3.05) is 35.3 Å². The predicted octanol–water partition coefficient (Wildman–Crippen LogP) is 2.49. The number of likely N-dealkylation sites (N-methyl/N-ethyl adjacent to an activating group) is 2. The van der Waals surface area contributed by atoms with Gasteiger partial charge in [-0.25, -0.2) is 0 Å². The molecule has 4 aliphatic rings. The molecule has 1 unspecified atom stereocenters. The van der Waals surface area contributed by atoms with E-state index in [2.05, 4.69) is 11.5 Å². The van der Waals surface area contributed by atoms with E-state index in [1.165, 1.54) is 14.0 Å². The monoisotopic (exact) mass is 855 g/mol. The van der Waals surface area contributed by atoms with Gasteiger partial charge in [0.25, 0.3) is 0 Å². The van der Waals surface area contributed by atoms with E-state index in [9.17, 15) is 30.0 Å². The van der Waals surface area contributed by atoms with Crippen molar-refractivity contribution >= 4 is 12.3 Å². The topological polar surface area (TPSA) is 195 Å². The van der Waals surface area contributed by atoms with Crippen LogP contribution >= 0.6 is 0 Å². The van der Waals surface area contributed by atoms with E-state index >= 15 is 0 Å². The van der Waals surface area contributed by atoms with Gasteiger partial charge in [-0.2, -0.15) is 0 Å². The highest BCUT2D eigenvalue weighted by Gasteiger charge is 2.52. The molecule has 0 aromatic carbocycles. The number of aliphatic hydroxyl groups excluding tert-OH is 3. The van der Waals surface area contributed by atoms with Gasteiger partial charge >= 0.3 is 5.97 Å². The van der Waals surface area contributed by atoms with Gasteiger partial charge in [0.1, 0.15) is 36.8 Å². The van der Waals surface area contributed by atoms with Crippen molar-refractivity contribution in [2.45, 2.75) is 184 Å². The summed E-state index contributed by atoms with van der Waals surface area (Å²) >= 11 is 0. The van der Waals surface area contributed by atoms with Crippen molar-refractivity contribution in [3.05, 3.63) is 36.5 Å². The number of allylic oxidation sites excluding steroid dienone is 2. The molecule has 0 saturated carbocycles. The fourth-order valence-corrected chi connectivity index (χ4v) is 9.06. The first-order valence-corrected chi connectivity index (χ1v) is 21.4. The molecule has 4 heterocycles. The molecule has 0 radical (unpaired) electrons. The summed E-state index contributed by atoms with van der Waals surface area (Å²) in [4.78, 5) is 29.8. The minimum absolute atomic E-state index is 0.0268. The van der Waals surface area contributed by atoms with Crippen LogP contribution in [0.15, 0.2) is 36.5 Å². The number of aliphatic hydroxyl groups is 4. The van der Waals surface area contributed by atoms with Gasteiger partial charge in [0.2, 0.25) is 0 Å². The second-order valence-electron chi connectivity index (χ2n) is 17.9. The van der Waals surface area contributed by atoms with Gasteiger partial charge in [0.05, 0.1) is 54.7 Å². The Kier molecular flexibility index (Phi) is 18.9. The molecule has 60 heavy (non-hydrogen) atoms. The van der Waals surface area contributed by atoms with Crippen LogP contribution in [0.2, 0.25) is 0 Å². The van der Waals surface area contributed by atoms with E-state index in [1.54, 1.807) is 39.8 Å². The molecule has 19 atom stereocenters. The maximum absolute atomic E-state index is 13.1. The molecule has 4 aliphatic heterocycles. The summed E-state index contributed by atoms with van der Waals surface area (Å²) in [6.45, 7) is 14.8. The number of ether oxygens (including phenoxy) is 8. The Bertz CT molecular complexity index is 1440. The quantitative estimate of drug-likeness (QED) is 0.134. The Labute approximate surface area is 356 Å². The molecule has 0 aromatic heterocycles. The van der Waals surface area contributed by atoms with Crippen molar-refractivity contribution in [1.29, 1.82) is 0 Å². The zero-order valence-electron chi connectivity index (χ0n) is 37.5. The largest absolute Gasteiger partial charge is 0.462 e. The second kappa shape index (κ2) is 22.5. The van der Waals surface area contributed by atoms with E-state index in [4.69, 9.17) is 37.9 Å². The van der Waals surface area contributed by atoms with Crippen molar-refractivity contribution in [3.8, 4) is 0 Å². The SMILES string of the molecule is C=C(C=O)[C@H]1C[C@@H](C)[C@@H](OC2CC[C@H](N(C)C)[C@@H](C)O2)/C=C/C=C/C[C@@H](C)OC(=O)C[C@@H](O)[C@H](OC)[C@H]1O[C@@H]1O[C@H](C)[C@@H](O[C@H]2C[C@@](C)(O)[C@@H](O)[C@H](C)O2)[C@H](N(C)C)[C@H]1O. The second-order valence-corrected chi connectivity index (χ2v) is 17.9. The molecule has 0 aromatic rings. The van der Waals surface area contributed by atoms with E-state index in [-0.39, 0.29) is 36.5 Å². The van der Waals surface area contributed by atoms with Crippen molar-refractivity contribution in [1.82, 2.24) is 9.80 Å². The number of aldehydes is 1. The van der Waals surface area contributed by atoms with E-state index in [0.717, 1.165) is 6.42 Å². The van der Waals surface area contributed by atoms with Crippen LogP contribution in [0, 0.1) is 11.8 Å². The van der Waals surface area contributed by atoms with Crippen LogP contribution in [0.25, 0.3) is 0 Å². The molecular formula is C44H74N2O14. The lowest BCUT2D eigenvalue weighted by Crippen LogP contribution is -2.65. The predicted molar refractivity (Wildman–Crippen MR) is 221 cm³/mol. The molecule has 3 fully saturated rings. The molecule has 0 bridgehead atoms. The lowest BCUT2D eigenvalue weighted by Gasteiger charge is -2.50. The highest BCUT2D eigenvalue weighted by atomic mass is 16.7. The maximum Gasteiger partial charge on any atom is 0.308 e. The molecule has 16 heteroatoms. The molecule has 16 nitrogen and oxygen atoms in total. The van der Waals surface area contributed by atoms with Crippen LogP contribution in [0.4, 0.5) is 0 Å². The number of hydrogen-bond donors (Lipinski definition) is 4. The summed E-state index contributed by atoms with van der Waals surface area (Å²) in [7, 11) is 8.97. The minimum Gasteiger partial charge on any atom is -0.462 e. The minimum atomic E-state index is -1.48. The number of methoxy groups -OCH3 is 1. The van der Waals surface area contributed by atoms with Gasteiger partial charge in [0.15, 0.2) is 18.9 Å². The maximum atomic E-state index is 13.1. The fourth-order valence-electron chi connectivity index (χ4n) is 9.06. The van der Waals surface area contributed by atoms with Crippen LogP contribution in [0.3, 0.4) is 0 Å². The Hall–Kier alpha value is -2.16. The molecule has 0 spiro atoms. The molecule has 4 N–H and O–H groups in total. The first-order chi connectivity index (χ1) is 28.2. The summed E-state index contributed by atoms with van der Waals surface area (Å²) in [6.07, 6.45) is -2.54. The first-order valence-electron chi connectivity index (χ1n) is 21.4. The van der Waals surface area contributed by atoms with Gasteiger partial charge in [-0.3, -0.25) is 9.59 Å².